The molecule has 8 nitrogen and oxygen atoms in total. The molecule has 1 saturated heterocycles. The fourth-order valence-corrected chi connectivity index (χ4v) is 5.51. The number of H-pyrrole nitrogens is 1. The number of carbonyl (C=O) groups excluding carboxylic acids is 2. The van der Waals surface area contributed by atoms with E-state index in [1.54, 1.807) is 4.90 Å². The molecule has 0 radical (unpaired) electrons. The molecule has 2 heterocycles. The van der Waals surface area contributed by atoms with E-state index < -0.39 is 6.10 Å². The number of benzene rings is 3. The van der Waals surface area contributed by atoms with E-state index in [4.69, 9.17) is 4.74 Å². The molecule has 1 aliphatic heterocycles. The van der Waals surface area contributed by atoms with E-state index in [-0.39, 0.29) is 24.0 Å². The van der Waals surface area contributed by atoms with Gasteiger partial charge in [-0.15, -0.1) is 0 Å². The number of hydrogen-bond acceptors (Lipinski definition) is 5. The van der Waals surface area contributed by atoms with Crippen LogP contribution in [-0.2, 0) is 4.79 Å². The fourth-order valence-electron chi connectivity index (χ4n) is 5.51. The molecule has 0 unspecified atom stereocenters. The van der Waals surface area contributed by atoms with Crippen molar-refractivity contribution in [1.82, 2.24) is 20.4 Å². The highest BCUT2D eigenvalue weighted by molar-refractivity contribution is 6.01. The molecular formula is C32H34N4O4. The van der Waals surface area contributed by atoms with Crippen LogP contribution in [0.3, 0.4) is 0 Å². The summed E-state index contributed by atoms with van der Waals surface area (Å²) < 4.78 is 6.17. The third-order valence-corrected chi connectivity index (χ3v) is 7.91. The second-order valence-corrected chi connectivity index (χ2v) is 10.9. The van der Waals surface area contributed by atoms with Crippen LogP contribution in [0, 0.1) is 5.92 Å². The summed E-state index contributed by atoms with van der Waals surface area (Å²) in [6, 6.07) is 23.7. The minimum Gasteiger partial charge on any atom is -0.490 e. The molecule has 3 aromatic carbocycles. The van der Waals surface area contributed by atoms with Crippen molar-refractivity contribution in [2.75, 3.05) is 13.1 Å². The van der Waals surface area contributed by atoms with E-state index in [2.05, 4.69) is 27.6 Å². The third-order valence-electron chi connectivity index (χ3n) is 7.91. The molecule has 3 N–H and O–H groups in total. The van der Waals surface area contributed by atoms with Gasteiger partial charge in [0, 0.05) is 42.4 Å². The number of nitrogens with one attached hydrogen (secondary N) is 2. The second-order valence-electron chi connectivity index (χ2n) is 10.9. The first-order valence-electron chi connectivity index (χ1n) is 14.0. The van der Waals surface area contributed by atoms with Crippen molar-refractivity contribution >= 4 is 22.7 Å². The number of aliphatic hydroxyl groups is 1. The molecule has 40 heavy (non-hydrogen) atoms. The highest BCUT2D eigenvalue weighted by atomic mass is 16.5. The van der Waals surface area contributed by atoms with Gasteiger partial charge in [-0.1, -0.05) is 30.3 Å². The number of nitrogens with zero attached hydrogens (tertiary/aromatic N) is 2. The van der Waals surface area contributed by atoms with Gasteiger partial charge >= 0.3 is 0 Å². The predicted molar refractivity (Wildman–Crippen MR) is 153 cm³/mol. The monoisotopic (exact) mass is 538 g/mol. The van der Waals surface area contributed by atoms with Crippen molar-refractivity contribution in [3.63, 3.8) is 0 Å². The molecule has 0 spiro atoms. The van der Waals surface area contributed by atoms with Crippen molar-refractivity contribution < 1.29 is 19.4 Å². The van der Waals surface area contributed by atoms with Gasteiger partial charge < -0.3 is 20.1 Å². The molecule has 1 aliphatic carbocycles. The Balaban J connectivity index is 1.14. The lowest BCUT2D eigenvalue weighted by Gasteiger charge is -2.32. The summed E-state index contributed by atoms with van der Waals surface area (Å²) in [6.45, 7) is 2.66. The Hall–Kier alpha value is -4.17. The SMILES string of the molecule is C[C@@H](O)C(=O)N1CCC(Oc2ccc(-c3n[nH]c4ccc(C(=O)N[C@H](c5ccccc5)C5CC5)cc34)cc2)CC1. The third kappa shape index (κ3) is 5.58. The average molecular weight is 539 g/mol. The van der Waals surface area contributed by atoms with Crippen LogP contribution in [0.5, 0.6) is 5.75 Å². The summed E-state index contributed by atoms with van der Waals surface area (Å²) in [5.41, 5.74) is 4.32. The Morgan fingerprint density at radius 1 is 1.00 bits per heavy atom. The van der Waals surface area contributed by atoms with Gasteiger partial charge in [0.15, 0.2) is 0 Å². The maximum absolute atomic E-state index is 13.3. The first-order chi connectivity index (χ1) is 19.5. The quantitative estimate of drug-likeness (QED) is 0.297. The summed E-state index contributed by atoms with van der Waals surface area (Å²) >= 11 is 0. The maximum atomic E-state index is 13.3. The number of aliphatic hydroxyl groups excluding tert-OH is 1. The maximum Gasteiger partial charge on any atom is 0.251 e. The van der Waals surface area contributed by atoms with Crippen LogP contribution in [0.4, 0.5) is 0 Å². The number of hydrogen-bond donors (Lipinski definition) is 3. The standard InChI is InChI=1S/C32H34N4O4/c1-20(37)32(39)36-17-15-26(16-18-36)40-25-12-9-23(10-13-25)30-27-19-24(11-14-28(27)34-35-30)31(38)33-29(22-7-8-22)21-5-3-2-4-6-21/h2-6,9-14,19-20,22,26,29,37H,7-8,15-18H2,1H3,(H,33,38)(H,34,35)/t20-,29-/m1/s1. The van der Waals surface area contributed by atoms with E-state index in [9.17, 15) is 14.7 Å². The molecule has 6 rings (SSSR count). The van der Waals surface area contributed by atoms with Gasteiger partial charge in [0.2, 0.25) is 0 Å². The predicted octanol–water partition coefficient (Wildman–Crippen LogP) is 4.86. The van der Waals surface area contributed by atoms with Gasteiger partial charge in [-0.05, 0) is 73.7 Å². The molecule has 1 saturated carbocycles. The first-order valence-corrected chi connectivity index (χ1v) is 14.0. The normalized spacial score (nSPS) is 17.4. The van der Waals surface area contributed by atoms with Gasteiger partial charge in [0.25, 0.3) is 11.8 Å². The van der Waals surface area contributed by atoms with E-state index in [1.165, 1.54) is 6.92 Å². The molecule has 2 fully saturated rings. The number of carbonyl (C=O) groups is 2. The van der Waals surface area contributed by atoms with Crippen molar-refractivity contribution in [2.24, 2.45) is 5.92 Å². The zero-order valence-corrected chi connectivity index (χ0v) is 22.5. The minimum absolute atomic E-state index is 0.0199. The first kappa shape index (κ1) is 26.1. The van der Waals surface area contributed by atoms with Crippen LogP contribution >= 0.6 is 0 Å². The van der Waals surface area contributed by atoms with Crippen molar-refractivity contribution in [3.05, 3.63) is 83.9 Å². The number of piperidine rings is 1. The van der Waals surface area contributed by atoms with E-state index in [0.717, 1.165) is 59.2 Å². The summed E-state index contributed by atoms with van der Waals surface area (Å²) in [7, 11) is 0. The highest BCUT2D eigenvalue weighted by Crippen LogP contribution is 2.41. The number of amides is 2. The summed E-state index contributed by atoms with van der Waals surface area (Å²) in [5.74, 6) is 0.934. The lowest BCUT2D eigenvalue weighted by atomic mass is 10.0. The van der Waals surface area contributed by atoms with Crippen LogP contribution in [0.2, 0.25) is 0 Å². The molecule has 4 aromatic rings. The minimum atomic E-state index is -0.970. The van der Waals surface area contributed by atoms with Crippen LogP contribution in [-0.4, -0.2) is 57.3 Å². The Bertz CT molecular complexity index is 1490. The lowest BCUT2D eigenvalue weighted by molar-refractivity contribution is -0.141. The number of ether oxygens (including phenoxy) is 1. The van der Waals surface area contributed by atoms with E-state index in [1.807, 2.05) is 60.7 Å². The van der Waals surface area contributed by atoms with Gasteiger partial charge in [-0.2, -0.15) is 5.10 Å². The average Bonchev–Trinajstić information content (AvgIpc) is 3.74. The second kappa shape index (κ2) is 11.1. The molecule has 1 aromatic heterocycles. The van der Waals surface area contributed by atoms with Crippen LogP contribution in [0.1, 0.15) is 54.6 Å². The number of fused-ring (bicyclic) bond motifs is 1. The Labute approximate surface area is 233 Å². The Morgan fingerprint density at radius 2 is 1.73 bits per heavy atom. The zero-order chi connectivity index (χ0) is 27.6. The number of rotatable bonds is 8. The summed E-state index contributed by atoms with van der Waals surface area (Å²) in [4.78, 5) is 27.0. The Morgan fingerprint density at radius 3 is 2.40 bits per heavy atom. The highest BCUT2D eigenvalue weighted by Gasteiger charge is 2.33. The molecular weight excluding hydrogens is 504 g/mol. The van der Waals surface area contributed by atoms with E-state index >= 15 is 0 Å². The van der Waals surface area contributed by atoms with Gasteiger partial charge in [0.05, 0.1) is 17.3 Å². The topological polar surface area (TPSA) is 108 Å². The molecule has 2 amide bonds. The number of likely N-dealkylation sites (tertiary alicyclic amines) is 1. The van der Waals surface area contributed by atoms with Crippen LogP contribution in [0.25, 0.3) is 22.2 Å². The molecule has 2 atom stereocenters. The molecule has 206 valence electrons. The fraction of sp³-hybridized carbons (Fsp3) is 0.344. The number of aromatic amines is 1. The van der Waals surface area contributed by atoms with Crippen molar-refractivity contribution in [2.45, 2.75) is 50.9 Å². The zero-order valence-electron chi connectivity index (χ0n) is 22.5. The van der Waals surface area contributed by atoms with Gasteiger partial charge in [-0.3, -0.25) is 14.7 Å². The largest absolute Gasteiger partial charge is 0.490 e. The lowest BCUT2D eigenvalue weighted by Crippen LogP contribution is -2.45. The van der Waals surface area contributed by atoms with Gasteiger partial charge in [-0.25, -0.2) is 0 Å². The van der Waals surface area contributed by atoms with Crippen LogP contribution in [0.15, 0.2) is 72.8 Å². The van der Waals surface area contributed by atoms with Gasteiger partial charge in [0.1, 0.15) is 18.0 Å². The summed E-state index contributed by atoms with van der Waals surface area (Å²) in [6.07, 6.45) is 2.76. The molecule has 8 heteroatoms. The number of aromatic nitrogens is 2. The van der Waals surface area contributed by atoms with Crippen LogP contribution < -0.4 is 10.1 Å². The Kier molecular flexibility index (Phi) is 7.26. The smallest absolute Gasteiger partial charge is 0.251 e. The summed E-state index contributed by atoms with van der Waals surface area (Å²) in [5, 5.41) is 21.3. The van der Waals surface area contributed by atoms with Crippen molar-refractivity contribution in [3.8, 4) is 17.0 Å². The van der Waals surface area contributed by atoms with E-state index in [0.29, 0.717) is 24.6 Å². The molecule has 2 aliphatic rings. The van der Waals surface area contributed by atoms with Crippen molar-refractivity contribution in [1.29, 1.82) is 0 Å². The molecule has 0 bridgehead atoms.